The van der Waals surface area contributed by atoms with Crippen LogP contribution in [0.5, 0.6) is 0 Å². The molecule has 5 rings (SSSR count). The highest BCUT2D eigenvalue weighted by molar-refractivity contribution is 8.04. The second kappa shape index (κ2) is 11.1. The summed E-state index contributed by atoms with van der Waals surface area (Å²) in [6.07, 6.45) is 7.65. The van der Waals surface area contributed by atoms with Crippen LogP contribution in [0.2, 0.25) is 0 Å². The lowest BCUT2D eigenvalue weighted by atomic mass is 9.83. The molecule has 2 amide bonds. The number of carbonyl (C=O) groups excluding carboxylic acids is 2. The van der Waals surface area contributed by atoms with Gasteiger partial charge in [-0.3, -0.25) is 14.6 Å². The van der Waals surface area contributed by atoms with Gasteiger partial charge in [0.05, 0.1) is 4.91 Å². The minimum Gasteiger partial charge on any atom is -0.352 e. The summed E-state index contributed by atoms with van der Waals surface area (Å²) in [5.74, 6) is -0.482. The lowest BCUT2D eigenvalue weighted by Crippen LogP contribution is -2.53. The Bertz CT molecular complexity index is 1230. The molecule has 5 nitrogen and oxygen atoms in total. The smallest absolute Gasteiger partial charge is 0.260 e. The van der Waals surface area contributed by atoms with Crippen molar-refractivity contribution in [2.75, 3.05) is 0 Å². The molecule has 1 aliphatic carbocycles. The SMILES string of the molecule is O=C(NCc1cccnc1)C1CCC2S/C(=C\c3ccccc3)C(=O)N(Cc3ccc(F)cc3)C2C1. The molecule has 0 bridgehead atoms. The minimum atomic E-state index is -0.301. The average Bonchev–Trinajstić information content (AvgIpc) is 2.91. The van der Waals surface area contributed by atoms with Crippen LogP contribution in [0.3, 0.4) is 0 Å². The number of hydrogen-bond acceptors (Lipinski definition) is 4. The zero-order valence-electron chi connectivity index (χ0n) is 19.8. The number of carbonyl (C=O) groups is 2. The van der Waals surface area contributed by atoms with Crippen LogP contribution in [0, 0.1) is 11.7 Å². The Morgan fingerprint density at radius 1 is 1.06 bits per heavy atom. The molecule has 36 heavy (non-hydrogen) atoms. The molecule has 1 saturated carbocycles. The van der Waals surface area contributed by atoms with Gasteiger partial charge in [-0.2, -0.15) is 0 Å². The number of fused-ring (bicyclic) bond motifs is 1. The molecular weight excluding hydrogens is 473 g/mol. The Hall–Kier alpha value is -3.45. The summed E-state index contributed by atoms with van der Waals surface area (Å²) < 4.78 is 13.5. The van der Waals surface area contributed by atoms with Gasteiger partial charge in [0, 0.05) is 42.7 Å². The van der Waals surface area contributed by atoms with E-state index in [1.165, 1.54) is 12.1 Å². The lowest BCUT2D eigenvalue weighted by Gasteiger charge is -2.46. The molecule has 2 aromatic carbocycles. The molecule has 1 aromatic heterocycles. The first-order valence-electron chi connectivity index (χ1n) is 12.2. The van der Waals surface area contributed by atoms with Crippen LogP contribution in [0.15, 0.2) is 84.0 Å². The van der Waals surface area contributed by atoms with Gasteiger partial charge >= 0.3 is 0 Å². The number of nitrogens with zero attached hydrogens (tertiary/aromatic N) is 2. The minimum absolute atomic E-state index is 0.0158. The number of amides is 2. The third-order valence-corrected chi connectivity index (χ3v) is 8.23. The van der Waals surface area contributed by atoms with Crippen LogP contribution in [0.25, 0.3) is 6.08 Å². The van der Waals surface area contributed by atoms with Crippen LogP contribution in [0.4, 0.5) is 4.39 Å². The Kier molecular flexibility index (Phi) is 7.47. The Morgan fingerprint density at radius 2 is 1.86 bits per heavy atom. The van der Waals surface area contributed by atoms with E-state index in [2.05, 4.69) is 10.3 Å². The summed E-state index contributed by atoms with van der Waals surface area (Å²) in [4.78, 5) is 33.4. The molecule has 1 saturated heterocycles. The highest BCUT2D eigenvalue weighted by atomic mass is 32.2. The second-order valence-electron chi connectivity index (χ2n) is 9.29. The van der Waals surface area contributed by atoms with Crippen LogP contribution >= 0.6 is 11.8 Å². The van der Waals surface area contributed by atoms with Crippen molar-refractivity contribution < 1.29 is 14.0 Å². The van der Waals surface area contributed by atoms with E-state index < -0.39 is 0 Å². The number of aromatic nitrogens is 1. The Labute approximate surface area is 214 Å². The number of rotatable bonds is 6. The van der Waals surface area contributed by atoms with Crippen LogP contribution in [-0.4, -0.2) is 33.0 Å². The van der Waals surface area contributed by atoms with E-state index in [0.29, 0.717) is 24.4 Å². The fraction of sp³-hybridized carbons (Fsp3) is 0.276. The summed E-state index contributed by atoms with van der Waals surface area (Å²) >= 11 is 1.63. The highest BCUT2D eigenvalue weighted by Gasteiger charge is 2.44. The van der Waals surface area contributed by atoms with E-state index in [0.717, 1.165) is 29.5 Å². The number of pyridine rings is 1. The van der Waals surface area contributed by atoms with E-state index in [1.807, 2.05) is 53.4 Å². The van der Waals surface area contributed by atoms with E-state index >= 15 is 0 Å². The summed E-state index contributed by atoms with van der Waals surface area (Å²) in [6, 6.07) is 19.9. The molecule has 2 fully saturated rings. The first-order valence-corrected chi connectivity index (χ1v) is 13.1. The molecule has 2 heterocycles. The number of halogens is 1. The van der Waals surface area contributed by atoms with Gasteiger partial charge in [0.1, 0.15) is 5.82 Å². The van der Waals surface area contributed by atoms with Crippen molar-refractivity contribution in [1.82, 2.24) is 15.2 Å². The van der Waals surface area contributed by atoms with Crippen molar-refractivity contribution in [2.45, 2.75) is 43.6 Å². The maximum Gasteiger partial charge on any atom is 0.260 e. The first-order chi connectivity index (χ1) is 17.6. The van der Waals surface area contributed by atoms with E-state index in [4.69, 9.17) is 0 Å². The summed E-state index contributed by atoms with van der Waals surface area (Å²) in [6.45, 7) is 0.825. The van der Waals surface area contributed by atoms with Crippen molar-refractivity contribution in [3.63, 3.8) is 0 Å². The van der Waals surface area contributed by atoms with Gasteiger partial charge in [-0.1, -0.05) is 48.5 Å². The molecule has 2 aliphatic rings. The molecule has 3 atom stereocenters. The van der Waals surface area contributed by atoms with Gasteiger partial charge in [-0.25, -0.2) is 4.39 Å². The molecule has 7 heteroatoms. The number of thioether (sulfide) groups is 1. The molecule has 184 valence electrons. The summed E-state index contributed by atoms with van der Waals surface area (Å²) in [7, 11) is 0. The topological polar surface area (TPSA) is 62.3 Å². The van der Waals surface area contributed by atoms with E-state index in [1.54, 1.807) is 36.3 Å². The number of hydrogen-bond donors (Lipinski definition) is 1. The molecule has 1 N–H and O–H groups in total. The van der Waals surface area contributed by atoms with Gasteiger partial charge in [0.25, 0.3) is 5.91 Å². The van der Waals surface area contributed by atoms with E-state index in [9.17, 15) is 14.0 Å². The number of nitrogens with one attached hydrogen (secondary N) is 1. The molecule has 3 aromatic rings. The van der Waals surface area contributed by atoms with Crippen molar-refractivity contribution in [2.24, 2.45) is 5.92 Å². The zero-order valence-corrected chi connectivity index (χ0v) is 20.7. The second-order valence-corrected chi connectivity index (χ2v) is 10.6. The maximum atomic E-state index is 13.7. The predicted molar refractivity (Wildman–Crippen MR) is 140 cm³/mol. The van der Waals surface area contributed by atoms with Crippen molar-refractivity contribution >= 4 is 29.7 Å². The average molecular weight is 502 g/mol. The standard InChI is InChI=1S/C29H28FN3O2S/c30-24-11-8-21(9-12-24)19-33-25-16-23(28(34)32-18-22-7-4-14-31-17-22)10-13-26(25)36-27(29(33)35)15-20-5-2-1-3-6-20/h1-9,11-12,14-15,17,23,25-26H,10,13,16,18-19H2,(H,32,34)/b27-15-. The molecule has 0 spiro atoms. The monoisotopic (exact) mass is 501 g/mol. The third kappa shape index (κ3) is 5.68. The van der Waals surface area contributed by atoms with Crippen molar-refractivity contribution in [1.29, 1.82) is 0 Å². The van der Waals surface area contributed by atoms with Gasteiger partial charge in [0.2, 0.25) is 5.91 Å². The fourth-order valence-electron chi connectivity index (χ4n) is 4.94. The Balaban J connectivity index is 1.35. The predicted octanol–water partition coefficient (Wildman–Crippen LogP) is 5.19. The van der Waals surface area contributed by atoms with E-state index in [-0.39, 0.29) is 34.8 Å². The largest absolute Gasteiger partial charge is 0.352 e. The summed E-state index contributed by atoms with van der Waals surface area (Å²) in [5, 5.41) is 3.25. The van der Waals surface area contributed by atoms with Gasteiger partial charge in [-0.05, 0) is 60.2 Å². The Morgan fingerprint density at radius 3 is 2.61 bits per heavy atom. The van der Waals surface area contributed by atoms with Crippen LogP contribution in [-0.2, 0) is 22.7 Å². The van der Waals surface area contributed by atoms with Gasteiger partial charge in [-0.15, -0.1) is 11.8 Å². The molecule has 1 aliphatic heterocycles. The zero-order chi connectivity index (χ0) is 24.9. The maximum absolute atomic E-state index is 13.7. The first kappa shape index (κ1) is 24.3. The van der Waals surface area contributed by atoms with Crippen molar-refractivity contribution in [3.05, 3.63) is 107 Å². The normalized spacial score (nSPS) is 22.8. The fourth-order valence-corrected chi connectivity index (χ4v) is 6.35. The summed E-state index contributed by atoms with van der Waals surface area (Å²) in [5.41, 5.74) is 2.81. The lowest BCUT2D eigenvalue weighted by molar-refractivity contribution is -0.133. The molecule has 3 unspecified atom stereocenters. The van der Waals surface area contributed by atoms with Gasteiger partial charge in [0.15, 0.2) is 0 Å². The van der Waals surface area contributed by atoms with Gasteiger partial charge < -0.3 is 10.2 Å². The molecular formula is C29H28FN3O2S. The highest BCUT2D eigenvalue weighted by Crippen LogP contribution is 2.44. The van der Waals surface area contributed by atoms with Crippen molar-refractivity contribution in [3.8, 4) is 0 Å². The van der Waals surface area contributed by atoms with Crippen LogP contribution < -0.4 is 5.32 Å². The number of benzene rings is 2. The quantitative estimate of drug-likeness (QED) is 0.472. The van der Waals surface area contributed by atoms with Crippen LogP contribution in [0.1, 0.15) is 36.0 Å². The molecule has 0 radical (unpaired) electrons. The third-order valence-electron chi connectivity index (χ3n) is 6.83.